The largest absolute Gasteiger partial charge is 0.485 e. The van der Waals surface area contributed by atoms with Crippen LogP contribution in [0.15, 0.2) is 24.3 Å². The lowest BCUT2D eigenvalue weighted by molar-refractivity contribution is -0.385. The summed E-state index contributed by atoms with van der Waals surface area (Å²) in [5.74, 6) is 0.345. The Morgan fingerprint density at radius 2 is 1.90 bits per heavy atom. The van der Waals surface area contributed by atoms with Gasteiger partial charge >= 0.3 is 5.69 Å². The van der Waals surface area contributed by atoms with E-state index >= 15 is 0 Å². The second-order valence-electron chi connectivity index (χ2n) is 4.16. The molecule has 8 heteroatoms. The number of halogens is 2. The molecule has 1 aromatic carbocycles. The molecule has 6 nitrogen and oxygen atoms in total. The van der Waals surface area contributed by atoms with Crippen LogP contribution in [-0.2, 0) is 0 Å². The van der Waals surface area contributed by atoms with Crippen LogP contribution < -0.4 is 10.1 Å². The molecule has 1 fully saturated rings. The molecule has 0 atom stereocenters. The topological polar surface area (TPSA) is 67.6 Å². The van der Waals surface area contributed by atoms with Crippen molar-refractivity contribution in [1.29, 1.82) is 0 Å². The highest BCUT2D eigenvalue weighted by atomic mass is 35.5. The third-order valence-corrected chi connectivity index (χ3v) is 2.94. The molecule has 1 aliphatic heterocycles. The molecule has 0 spiro atoms. The summed E-state index contributed by atoms with van der Waals surface area (Å²) in [6.45, 7) is 5.26. The minimum atomic E-state index is -0.417. The quantitative estimate of drug-likeness (QED) is 0.660. The summed E-state index contributed by atoms with van der Waals surface area (Å²) in [7, 11) is 0. The highest BCUT2D eigenvalue weighted by Crippen LogP contribution is 2.25. The van der Waals surface area contributed by atoms with Gasteiger partial charge in [-0.2, -0.15) is 0 Å². The van der Waals surface area contributed by atoms with E-state index in [4.69, 9.17) is 4.74 Å². The van der Waals surface area contributed by atoms with E-state index in [-0.39, 0.29) is 30.5 Å². The molecule has 2 rings (SSSR count). The molecule has 114 valence electrons. The summed E-state index contributed by atoms with van der Waals surface area (Å²) in [4.78, 5) is 12.7. The molecule has 0 amide bonds. The van der Waals surface area contributed by atoms with E-state index in [1.165, 1.54) is 6.07 Å². The van der Waals surface area contributed by atoms with Crippen molar-refractivity contribution >= 4 is 30.5 Å². The summed E-state index contributed by atoms with van der Waals surface area (Å²) in [5.41, 5.74) is 0.0258. The molecule has 0 aromatic heterocycles. The fraction of sp³-hybridized carbons (Fsp3) is 0.500. The van der Waals surface area contributed by atoms with Gasteiger partial charge in [0.2, 0.25) is 0 Å². The number of nitrogens with zero attached hydrogens (tertiary/aromatic N) is 2. The van der Waals surface area contributed by atoms with Crippen LogP contribution in [0, 0.1) is 10.1 Å². The van der Waals surface area contributed by atoms with E-state index in [1.807, 2.05) is 0 Å². The standard InChI is InChI=1S/C12H17N3O3.2ClH/c16-15(17)11-3-1-2-4-12(11)18-10-9-14-7-5-13-6-8-14;;/h1-4,13H,5-10H2;2*1H. The summed E-state index contributed by atoms with van der Waals surface area (Å²) >= 11 is 0. The molecule has 0 radical (unpaired) electrons. The summed E-state index contributed by atoms with van der Waals surface area (Å²) < 4.78 is 5.50. The van der Waals surface area contributed by atoms with Crippen LogP contribution in [0.25, 0.3) is 0 Å². The van der Waals surface area contributed by atoms with E-state index in [0.717, 1.165) is 32.7 Å². The van der Waals surface area contributed by atoms with Crippen molar-refractivity contribution in [3.8, 4) is 5.75 Å². The van der Waals surface area contributed by atoms with Gasteiger partial charge in [-0.1, -0.05) is 12.1 Å². The van der Waals surface area contributed by atoms with Gasteiger partial charge in [-0.3, -0.25) is 15.0 Å². The molecule has 1 saturated heterocycles. The number of rotatable bonds is 5. The number of nitro groups is 1. The van der Waals surface area contributed by atoms with Gasteiger partial charge in [0, 0.05) is 38.8 Å². The number of para-hydroxylation sites is 2. The first-order valence-electron chi connectivity index (χ1n) is 6.06. The lowest BCUT2D eigenvalue weighted by Gasteiger charge is -2.26. The maximum atomic E-state index is 10.8. The van der Waals surface area contributed by atoms with Crippen LogP contribution in [0.2, 0.25) is 0 Å². The summed E-state index contributed by atoms with van der Waals surface area (Å²) in [5, 5.41) is 14.1. The third-order valence-electron chi connectivity index (χ3n) is 2.94. The smallest absolute Gasteiger partial charge is 0.310 e. The number of nitrogens with one attached hydrogen (secondary N) is 1. The van der Waals surface area contributed by atoms with Crippen LogP contribution in [0.4, 0.5) is 5.69 Å². The monoisotopic (exact) mass is 323 g/mol. The Kier molecular flexibility index (Phi) is 9.24. The number of ether oxygens (including phenoxy) is 1. The van der Waals surface area contributed by atoms with Crippen LogP contribution >= 0.6 is 24.8 Å². The molecule has 1 aromatic rings. The average Bonchev–Trinajstić information content (AvgIpc) is 2.40. The van der Waals surface area contributed by atoms with E-state index in [9.17, 15) is 10.1 Å². The summed E-state index contributed by atoms with van der Waals surface area (Å²) in [6, 6.07) is 6.48. The van der Waals surface area contributed by atoms with Crippen molar-refractivity contribution in [1.82, 2.24) is 10.2 Å². The Bertz CT molecular complexity index is 415. The maximum Gasteiger partial charge on any atom is 0.310 e. The fourth-order valence-electron chi connectivity index (χ4n) is 1.95. The van der Waals surface area contributed by atoms with E-state index in [1.54, 1.807) is 18.2 Å². The maximum absolute atomic E-state index is 10.8. The number of hydrogen-bond acceptors (Lipinski definition) is 5. The van der Waals surface area contributed by atoms with E-state index in [0.29, 0.717) is 12.4 Å². The Hall–Kier alpha value is -1.08. The number of hydrogen-bond donors (Lipinski definition) is 1. The molecule has 0 saturated carbocycles. The predicted molar refractivity (Wildman–Crippen MR) is 82.4 cm³/mol. The van der Waals surface area contributed by atoms with Gasteiger partial charge in [-0.15, -0.1) is 24.8 Å². The first-order valence-corrected chi connectivity index (χ1v) is 6.06. The van der Waals surface area contributed by atoms with Crippen LogP contribution in [0.5, 0.6) is 5.75 Å². The van der Waals surface area contributed by atoms with Crippen molar-refractivity contribution in [2.24, 2.45) is 0 Å². The van der Waals surface area contributed by atoms with Gasteiger partial charge in [0.15, 0.2) is 5.75 Å². The second-order valence-corrected chi connectivity index (χ2v) is 4.16. The molecule has 1 N–H and O–H groups in total. The number of benzene rings is 1. The van der Waals surface area contributed by atoms with E-state index < -0.39 is 4.92 Å². The minimum Gasteiger partial charge on any atom is -0.485 e. The highest BCUT2D eigenvalue weighted by molar-refractivity contribution is 5.85. The number of nitro benzene ring substituents is 1. The Balaban J connectivity index is 0.00000180. The molecule has 1 heterocycles. The second kappa shape index (κ2) is 9.77. The van der Waals surface area contributed by atoms with Crippen molar-refractivity contribution in [2.75, 3.05) is 39.3 Å². The zero-order valence-electron chi connectivity index (χ0n) is 11.0. The molecular weight excluding hydrogens is 305 g/mol. The van der Waals surface area contributed by atoms with Gasteiger partial charge in [0.05, 0.1) is 4.92 Å². The lowest BCUT2D eigenvalue weighted by Crippen LogP contribution is -2.44. The average molecular weight is 324 g/mol. The van der Waals surface area contributed by atoms with Crippen LogP contribution in [0.3, 0.4) is 0 Å². The number of piperazine rings is 1. The van der Waals surface area contributed by atoms with Crippen LogP contribution in [0.1, 0.15) is 0 Å². The van der Waals surface area contributed by atoms with Crippen molar-refractivity contribution < 1.29 is 9.66 Å². The third kappa shape index (κ3) is 5.50. The first-order chi connectivity index (χ1) is 8.77. The van der Waals surface area contributed by atoms with Gasteiger partial charge < -0.3 is 10.1 Å². The SMILES string of the molecule is Cl.Cl.O=[N+]([O-])c1ccccc1OCCN1CCNCC1. The van der Waals surface area contributed by atoms with Crippen LogP contribution in [-0.4, -0.2) is 49.2 Å². The van der Waals surface area contributed by atoms with Gasteiger partial charge in [-0.05, 0) is 6.07 Å². The normalized spacial score (nSPS) is 14.8. The highest BCUT2D eigenvalue weighted by Gasteiger charge is 2.14. The molecule has 0 unspecified atom stereocenters. The summed E-state index contributed by atoms with van der Waals surface area (Å²) in [6.07, 6.45) is 0. The van der Waals surface area contributed by atoms with Gasteiger partial charge in [0.25, 0.3) is 0 Å². The molecule has 20 heavy (non-hydrogen) atoms. The Labute approximate surface area is 130 Å². The predicted octanol–water partition coefficient (Wildman–Crippen LogP) is 1.72. The molecule has 0 aliphatic carbocycles. The van der Waals surface area contributed by atoms with Crippen molar-refractivity contribution in [3.63, 3.8) is 0 Å². The van der Waals surface area contributed by atoms with E-state index in [2.05, 4.69) is 10.2 Å². The lowest BCUT2D eigenvalue weighted by atomic mass is 10.3. The molecular formula is C12H19Cl2N3O3. The Morgan fingerprint density at radius 1 is 1.25 bits per heavy atom. The Morgan fingerprint density at radius 3 is 2.55 bits per heavy atom. The van der Waals surface area contributed by atoms with Crippen molar-refractivity contribution in [3.05, 3.63) is 34.4 Å². The first kappa shape index (κ1) is 18.9. The minimum absolute atomic E-state index is 0. The zero-order valence-corrected chi connectivity index (χ0v) is 12.6. The van der Waals surface area contributed by atoms with Gasteiger partial charge in [-0.25, -0.2) is 0 Å². The van der Waals surface area contributed by atoms with Crippen molar-refractivity contribution in [2.45, 2.75) is 0 Å². The van der Waals surface area contributed by atoms with Gasteiger partial charge in [0.1, 0.15) is 6.61 Å². The zero-order chi connectivity index (χ0) is 12.8. The fourth-order valence-corrected chi connectivity index (χ4v) is 1.95. The molecule has 1 aliphatic rings. The molecule has 0 bridgehead atoms.